The van der Waals surface area contributed by atoms with Gasteiger partial charge in [0.1, 0.15) is 0 Å². The van der Waals surface area contributed by atoms with Crippen molar-refractivity contribution in [1.29, 1.82) is 0 Å². The summed E-state index contributed by atoms with van der Waals surface area (Å²) in [6.45, 7) is 1.91. The fourth-order valence-electron chi connectivity index (χ4n) is 3.11. The summed E-state index contributed by atoms with van der Waals surface area (Å²) in [6.07, 6.45) is -2.68. The fourth-order valence-corrected chi connectivity index (χ4v) is 3.11. The number of aromatic nitrogens is 2. The lowest BCUT2D eigenvalue weighted by Gasteiger charge is -2.15. The quantitative estimate of drug-likeness (QED) is 0.526. The zero-order valence-corrected chi connectivity index (χ0v) is 14.5. The number of H-pyrrole nitrogens is 1. The van der Waals surface area contributed by atoms with Gasteiger partial charge in [0.15, 0.2) is 5.82 Å². The molecule has 1 aromatic heterocycles. The highest BCUT2D eigenvalue weighted by molar-refractivity contribution is 5.97. The van der Waals surface area contributed by atoms with Crippen LogP contribution in [-0.4, -0.2) is 15.9 Å². The minimum Gasteiger partial charge on any atom is -0.346 e. The SMILES string of the molecule is CC(NC(=O)c1ccc2nc(C(F)F)[nH]c2c1)c1ccc2ccccc2c1. The van der Waals surface area contributed by atoms with Crippen molar-refractivity contribution < 1.29 is 13.6 Å². The number of aromatic amines is 1. The number of carbonyl (C=O) groups is 1. The number of imidazole rings is 1. The van der Waals surface area contributed by atoms with E-state index in [1.165, 1.54) is 6.07 Å². The van der Waals surface area contributed by atoms with Crippen LogP contribution in [0.2, 0.25) is 0 Å². The Bertz CT molecular complexity index is 1140. The van der Waals surface area contributed by atoms with Crippen LogP contribution in [0.25, 0.3) is 21.8 Å². The van der Waals surface area contributed by atoms with Crippen LogP contribution in [0.5, 0.6) is 0 Å². The maximum absolute atomic E-state index is 12.8. The Morgan fingerprint density at radius 2 is 1.81 bits per heavy atom. The molecule has 4 aromatic rings. The topological polar surface area (TPSA) is 57.8 Å². The van der Waals surface area contributed by atoms with Crippen molar-refractivity contribution in [2.75, 3.05) is 0 Å². The summed E-state index contributed by atoms with van der Waals surface area (Å²) in [5.41, 5.74) is 2.20. The van der Waals surface area contributed by atoms with Crippen LogP contribution < -0.4 is 5.32 Å². The van der Waals surface area contributed by atoms with Gasteiger partial charge in [-0.05, 0) is 47.5 Å². The van der Waals surface area contributed by atoms with Crippen molar-refractivity contribution in [3.8, 4) is 0 Å². The molecule has 1 atom stereocenters. The van der Waals surface area contributed by atoms with Gasteiger partial charge in [-0.1, -0.05) is 36.4 Å². The lowest BCUT2D eigenvalue weighted by atomic mass is 10.0. The van der Waals surface area contributed by atoms with E-state index in [-0.39, 0.29) is 11.9 Å². The normalized spacial score (nSPS) is 12.6. The van der Waals surface area contributed by atoms with Gasteiger partial charge >= 0.3 is 0 Å². The summed E-state index contributed by atoms with van der Waals surface area (Å²) in [7, 11) is 0. The molecule has 0 aliphatic heterocycles. The van der Waals surface area contributed by atoms with Gasteiger partial charge in [0, 0.05) is 5.56 Å². The third-order valence-corrected chi connectivity index (χ3v) is 4.59. The summed E-state index contributed by atoms with van der Waals surface area (Å²) in [5, 5.41) is 5.19. The molecule has 4 rings (SSSR count). The molecule has 6 heteroatoms. The van der Waals surface area contributed by atoms with Crippen LogP contribution in [-0.2, 0) is 0 Å². The average Bonchev–Trinajstić information content (AvgIpc) is 3.11. The lowest BCUT2D eigenvalue weighted by Crippen LogP contribution is -2.26. The lowest BCUT2D eigenvalue weighted by molar-refractivity contribution is 0.0940. The molecule has 0 radical (unpaired) electrons. The van der Waals surface area contributed by atoms with Gasteiger partial charge in [-0.15, -0.1) is 0 Å². The summed E-state index contributed by atoms with van der Waals surface area (Å²) in [5.74, 6) is -0.669. The third-order valence-electron chi connectivity index (χ3n) is 4.59. The first kappa shape index (κ1) is 17.1. The van der Waals surface area contributed by atoms with Crippen LogP contribution in [0, 0.1) is 0 Å². The zero-order valence-electron chi connectivity index (χ0n) is 14.5. The highest BCUT2D eigenvalue weighted by Gasteiger charge is 2.16. The van der Waals surface area contributed by atoms with Crippen LogP contribution in [0.1, 0.15) is 41.1 Å². The van der Waals surface area contributed by atoms with E-state index >= 15 is 0 Å². The third kappa shape index (κ3) is 3.38. The largest absolute Gasteiger partial charge is 0.346 e. The number of nitrogens with one attached hydrogen (secondary N) is 2. The van der Waals surface area contributed by atoms with Crippen molar-refractivity contribution >= 4 is 27.7 Å². The van der Waals surface area contributed by atoms with Gasteiger partial charge < -0.3 is 10.3 Å². The number of halogens is 2. The second kappa shape index (κ2) is 6.79. The van der Waals surface area contributed by atoms with Crippen molar-refractivity contribution in [3.63, 3.8) is 0 Å². The number of alkyl halides is 2. The van der Waals surface area contributed by atoms with Crippen LogP contribution in [0.3, 0.4) is 0 Å². The molecular weight excluding hydrogens is 348 g/mol. The average molecular weight is 365 g/mol. The maximum Gasteiger partial charge on any atom is 0.295 e. The first-order valence-electron chi connectivity index (χ1n) is 8.58. The Balaban J connectivity index is 1.55. The summed E-state index contributed by atoms with van der Waals surface area (Å²) in [6, 6.07) is 18.6. The number of fused-ring (bicyclic) bond motifs is 2. The first-order valence-corrected chi connectivity index (χ1v) is 8.58. The Kier molecular flexibility index (Phi) is 4.32. The molecule has 1 heterocycles. The molecule has 0 bridgehead atoms. The Hall–Kier alpha value is -3.28. The van der Waals surface area contributed by atoms with Crippen molar-refractivity contribution in [2.24, 2.45) is 0 Å². The van der Waals surface area contributed by atoms with E-state index in [2.05, 4.69) is 15.3 Å². The smallest absolute Gasteiger partial charge is 0.295 e. The second-order valence-electron chi connectivity index (χ2n) is 6.46. The summed E-state index contributed by atoms with van der Waals surface area (Å²) < 4.78 is 25.5. The van der Waals surface area contributed by atoms with E-state index in [9.17, 15) is 13.6 Å². The monoisotopic (exact) mass is 365 g/mol. The molecule has 0 saturated heterocycles. The number of carbonyl (C=O) groups excluding carboxylic acids is 1. The van der Waals surface area contributed by atoms with E-state index in [4.69, 9.17) is 0 Å². The molecule has 27 heavy (non-hydrogen) atoms. The molecular formula is C21H17F2N3O. The molecule has 3 aromatic carbocycles. The minimum absolute atomic E-state index is 0.198. The molecule has 0 fully saturated rings. The molecule has 4 nitrogen and oxygen atoms in total. The summed E-state index contributed by atoms with van der Waals surface area (Å²) in [4.78, 5) is 18.9. The number of benzene rings is 3. The molecule has 1 amide bonds. The van der Waals surface area contributed by atoms with Crippen molar-refractivity contribution in [2.45, 2.75) is 19.4 Å². The zero-order chi connectivity index (χ0) is 19.0. The van der Waals surface area contributed by atoms with E-state index in [0.29, 0.717) is 16.6 Å². The molecule has 0 aliphatic rings. The van der Waals surface area contributed by atoms with E-state index < -0.39 is 12.2 Å². The first-order chi connectivity index (χ1) is 13.0. The van der Waals surface area contributed by atoms with Crippen molar-refractivity contribution in [3.05, 3.63) is 77.6 Å². The van der Waals surface area contributed by atoms with E-state index in [1.807, 2.05) is 49.4 Å². The second-order valence-corrected chi connectivity index (χ2v) is 6.46. The minimum atomic E-state index is -2.68. The van der Waals surface area contributed by atoms with Gasteiger partial charge in [-0.3, -0.25) is 4.79 Å². The van der Waals surface area contributed by atoms with Gasteiger partial charge in [-0.2, -0.15) is 0 Å². The number of amides is 1. The van der Waals surface area contributed by atoms with Gasteiger partial charge in [0.05, 0.1) is 17.1 Å². The highest BCUT2D eigenvalue weighted by Crippen LogP contribution is 2.22. The molecule has 0 aliphatic carbocycles. The number of rotatable bonds is 4. The fraction of sp³-hybridized carbons (Fsp3) is 0.143. The summed E-state index contributed by atoms with van der Waals surface area (Å²) >= 11 is 0. The van der Waals surface area contributed by atoms with E-state index in [0.717, 1.165) is 16.3 Å². The molecule has 0 saturated carbocycles. The molecule has 2 N–H and O–H groups in total. The van der Waals surface area contributed by atoms with E-state index in [1.54, 1.807) is 12.1 Å². The Morgan fingerprint density at radius 1 is 1.04 bits per heavy atom. The maximum atomic E-state index is 12.8. The molecule has 136 valence electrons. The number of nitrogens with zero attached hydrogens (tertiary/aromatic N) is 1. The van der Waals surface area contributed by atoms with Gasteiger partial charge in [0.25, 0.3) is 12.3 Å². The molecule has 0 spiro atoms. The van der Waals surface area contributed by atoms with Crippen LogP contribution in [0.4, 0.5) is 8.78 Å². The van der Waals surface area contributed by atoms with Crippen molar-refractivity contribution in [1.82, 2.24) is 15.3 Å². The van der Waals surface area contributed by atoms with Gasteiger partial charge in [0.2, 0.25) is 0 Å². The number of hydrogen-bond acceptors (Lipinski definition) is 2. The Morgan fingerprint density at radius 3 is 2.59 bits per heavy atom. The van der Waals surface area contributed by atoms with Crippen LogP contribution >= 0.6 is 0 Å². The number of hydrogen-bond donors (Lipinski definition) is 2. The Labute approximate surface area is 154 Å². The predicted octanol–water partition coefficient (Wildman–Crippen LogP) is 5.14. The predicted molar refractivity (Wildman–Crippen MR) is 101 cm³/mol. The highest BCUT2D eigenvalue weighted by atomic mass is 19.3. The van der Waals surface area contributed by atoms with Gasteiger partial charge in [-0.25, -0.2) is 13.8 Å². The molecule has 1 unspecified atom stereocenters. The van der Waals surface area contributed by atoms with Crippen LogP contribution in [0.15, 0.2) is 60.7 Å². The standard InChI is InChI=1S/C21H17F2N3O/c1-12(14-7-6-13-4-2-3-5-15(13)10-14)24-21(27)16-8-9-17-18(11-16)26-20(25-17)19(22)23/h2-12,19H,1H3,(H,24,27)(H,25,26).